The first-order valence-corrected chi connectivity index (χ1v) is 4.58. The van der Waals surface area contributed by atoms with Gasteiger partial charge in [-0.15, -0.1) is 5.10 Å². The number of nitrogens with two attached hydrogens (primary N) is 1. The number of halogens is 1. The zero-order valence-electron chi connectivity index (χ0n) is 7.87. The molecule has 0 unspecified atom stereocenters. The smallest absolute Gasteiger partial charge is 0.296 e. The van der Waals surface area contributed by atoms with Gasteiger partial charge in [-0.2, -0.15) is 0 Å². The van der Waals surface area contributed by atoms with Gasteiger partial charge in [0, 0.05) is 11.1 Å². The van der Waals surface area contributed by atoms with Gasteiger partial charge in [0.2, 0.25) is 0 Å². The SMILES string of the molecule is Nc1cn(-c2ccc(Cl)cc2[N+](=O)[O-])nn1. The van der Waals surface area contributed by atoms with Crippen LogP contribution in [-0.4, -0.2) is 19.9 Å². The summed E-state index contributed by atoms with van der Waals surface area (Å²) in [6.45, 7) is 0. The summed E-state index contributed by atoms with van der Waals surface area (Å²) < 4.78 is 1.23. The Morgan fingerprint density at radius 2 is 2.25 bits per heavy atom. The number of rotatable bonds is 2. The fraction of sp³-hybridized carbons (Fsp3) is 0. The minimum absolute atomic E-state index is 0.155. The van der Waals surface area contributed by atoms with Crippen LogP contribution in [0, 0.1) is 10.1 Å². The number of benzene rings is 1. The molecule has 7 nitrogen and oxygen atoms in total. The fourth-order valence-electron chi connectivity index (χ4n) is 1.23. The molecular formula is C8H6ClN5O2. The van der Waals surface area contributed by atoms with Crippen LogP contribution in [0.3, 0.4) is 0 Å². The quantitative estimate of drug-likeness (QED) is 0.631. The maximum atomic E-state index is 10.8. The zero-order valence-corrected chi connectivity index (χ0v) is 8.63. The average Bonchev–Trinajstić information content (AvgIpc) is 2.64. The third kappa shape index (κ3) is 1.80. The molecule has 8 heteroatoms. The molecule has 1 aromatic heterocycles. The van der Waals surface area contributed by atoms with Crippen LogP contribution in [0.15, 0.2) is 24.4 Å². The Labute approximate surface area is 94.6 Å². The number of hydrogen-bond acceptors (Lipinski definition) is 5. The highest BCUT2D eigenvalue weighted by atomic mass is 35.5. The van der Waals surface area contributed by atoms with E-state index in [-0.39, 0.29) is 22.2 Å². The lowest BCUT2D eigenvalue weighted by atomic mass is 10.3. The summed E-state index contributed by atoms with van der Waals surface area (Å²) in [6.07, 6.45) is 1.39. The lowest BCUT2D eigenvalue weighted by Crippen LogP contribution is -2.00. The molecule has 2 rings (SSSR count). The van der Waals surface area contributed by atoms with Gasteiger partial charge in [-0.1, -0.05) is 16.8 Å². The summed E-state index contributed by atoms with van der Waals surface area (Å²) in [7, 11) is 0. The molecule has 0 aliphatic carbocycles. The van der Waals surface area contributed by atoms with Crippen molar-refractivity contribution < 1.29 is 4.92 Å². The van der Waals surface area contributed by atoms with E-state index in [2.05, 4.69) is 10.3 Å². The molecule has 0 aliphatic rings. The Kier molecular flexibility index (Phi) is 2.45. The van der Waals surface area contributed by atoms with Crippen molar-refractivity contribution in [1.29, 1.82) is 0 Å². The van der Waals surface area contributed by atoms with Crippen molar-refractivity contribution in [3.8, 4) is 5.69 Å². The lowest BCUT2D eigenvalue weighted by Gasteiger charge is -2.01. The molecule has 2 aromatic rings. The molecule has 0 spiro atoms. The van der Waals surface area contributed by atoms with Crippen molar-refractivity contribution >= 4 is 23.1 Å². The second kappa shape index (κ2) is 3.78. The van der Waals surface area contributed by atoms with Crippen molar-refractivity contribution in [3.05, 3.63) is 39.5 Å². The van der Waals surface area contributed by atoms with E-state index < -0.39 is 4.92 Å². The summed E-state index contributed by atoms with van der Waals surface area (Å²) in [4.78, 5) is 10.3. The van der Waals surface area contributed by atoms with Gasteiger partial charge in [0.25, 0.3) is 5.69 Å². The third-order valence-electron chi connectivity index (χ3n) is 1.89. The van der Waals surface area contributed by atoms with Crippen LogP contribution >= 0.6 is 11.6 Å². The minimum Gasteiger partial charge on any atom is -0.381 e. The Morgan fingerprint density at radius 1 is 1.50 bits per heavy atom. The maximum Gasteiger partial charge on any atom is 0.296 e. The van der Waals surface area contributed by atoms with Crippen molar-refractivity contribution in [3.63, 3.8) is 0 Å². The Hall–Kier alpha value is -2.15. The number of nitrogens with zero attached hydrogens (tertiary/aromatic N) is 4. The van der Waals surface area contributed by atoms with Crippen LogP contribution in [0.1, 0.15) is 0 Å². The second-order valence-corrected chi connectivity index (χ2v) is 3.41. The number of anilines is 1. The van der Waals surface area contributed by atoms with Crippen LogP contribution in [0.5, 0.6) is 0 Å². The van der Waals surface area contributed by atoms with Gasteiger partial charge < -0.3 is 5.73 Å². The number of nitro groups is 1. The Balaban J connectivity index is 2.60. The Bertz CT molecular complexity index is 553. The van der Waals surface area contributed by atoms with Crippen LogP contribution in [0.2, 0.25) is 5.02 Å². The molecule has 0 radical (unpaired) electrons. The van der Waals surface area contributed by atoms with Gasteiger partial charge in [-0.25, -0.2) is 4.68 Å². The zero-order chi connectivity index (χ0) is 11.7. The van der Waals surface area contributed by atoms with E-state index in [4.69, 9.17) is 17.3 Å². The highest BCUT2D eigenvalue weighted by Crippen LogP contribution is 2.25. The molecule has 0 aliphatic heterocycles. The third-order valence-corrected chi connectivity index (χ3v) is 2.13. The van der Waals surface area contributed by atoms with E-state index in [0.29, 0.717) is 0 Å². The number of nitro benzene ring substituents is 1. The van der Waals surface area contributed by atoms with E-state index in [0.717, 1.165) is 0 Å². The number of nitrogen functional groups attached to an aromatic ring is 1. The van der Waals surface area contributed by atoms with E-state index in [9.17, 15) is 10.1 Å². The molecule has 0 fully saturated rings. The first kappa shape index (κ1) is 10.4. The summed E-state index contributed by atoms with van der Waals surface area (Å²) >= 11 is 5.68. The van der Waals surface area contributed by atoms with Gasteiger partial charge in [0.15, 0.2) is 5.82 Å². The molecule has 0 bridgehead atoms. The normalized spacial score (nSPS) is 10.3. The summed E-state index contributed by atoms with van der Waals surface area (Å²) in [5.41, 5.74) is 5.49. The molecule has 82 valence electrons. The maximum absolute atomic E-state index is 10.8. The molecule has 0 atom stereocenters. The van der Waals surface area contributed by atoms with Gasteiger partial charge in [0.1, 0.15) is 5.69 Å². The van der Waals surface area contributed by atoms with E-state index in [1.54, 1.807) is 0 Å². The second-order valence-electron chi connectivity index (χ2n) is 2.98. The molecule has 1 heterocycles. The summed E-state index contributed by atoms with van der Waals surface area (Å²) in [5, 5.41) is 18.3. The largest absolute Gasteiger partial charge is 0.381 e. The molecule has 1 aromatic carbocycles. The van der Waals surface area contributed by atoms with Crippen molar-refractivity contribution in [2.45, 2.75) is 0 Å². The van der Waals surface area contributed by atoms with Crippen molar-refractivity contribution in [2.24, 2.45) is 0 Å². The summed E-state index contributed by atoms with van der Waals surface area (Å²) in [6, 6.07) is 4.26. The van der Waals surface area contributed by atoms with E-state index in [1.165, 1.54) is 29.1 Å². The predicted octanol–water partition coefficient (Wildman–Crippen LogP) is 1.41. The van der Waals surface area contributed by atoms with Crippen LogP contribution in [0.25, 0.3) is 5.69 Å². The van der Waals surface area contributed by atoms with Gasteiger partial charge >= 0.3 is 0 Å². The first-order valence-electron chi connectivity index (χ1n) is 4.20. The average molecular weight is 240 g/mol. The number of aromatic nitrogens is 3. The number of hydrogen-bond donors (Lipinski definition) is 1. The molecule has 2 N–H and O–H groups in total. The first-order chi connectivity index (χ1) is 7.58. The Morgan fingerprint density at radius 3 is 2.81 bits per heavy atom. The lowest BCUT2D eigenvalue weighted by molar-refractivity contribution is -0.384. The van der Waals surface area contributed by atoms with E-state index in [1.807, 2.05) is 0 Å². The highest BCUT2D eigenvalue weighted by molar-refractivity contribution is 6.30. The summed E-state index contributed by atoms with van der Waals surface area (Å²) in [5.74, 6) is 0.184. The standard InChI is InChI=1S/C8H6ClN5O2/c9-5-1-2-6(7(3-5)14(15)16)13-4-8(10)11-12-13/h1-4H,10H2. The van der Waals surface area contributed by atoms with Gasteiger partial charge in [-0.3, -0.25) is 10.1 Å². The van der Waals surface area contributed by atoms with Crippen LogP contribution in [0.4, 0.5) is 11.5 Å². The fourth-order valence-corrected chi connectivity index (χ4v) is 1.40. The topological polar surface area (TPSA) is 99.9 Å². The van der Waals surface area contributed by atoms with Crippen molar-refractivity contribution in [1.82, 2.24) is 15.0 Å². The van der Waals surface area contributed by atoms with Gasteiger partial charge in [-0.05, 0) is 12.1 Å². The van der Waals surface area contributed by atoms with Gasteiger partial charge in [0.05, 0.1) is 11.1 Å². The molecular weight excluding hydrogens is 234 g/mol. The van der Waals surface area contributed by atoms with Crippen molar-refractivity contribution in [2.75, 3.05) is 5.73 Å². The predicted molar refractivity (Wildman–Crippen MR) is 57.4 cm³/mol. The molecule has 0 amide bonds. The molecule has 0 saturated carbocycles. The minimum atomic E-state index is -0.543. The molecule has 16 heavy (non-hydrogen) atoms. The highest BCUT2D eigenvalue weighted by Gasteiger charge is 2.16. The van der Waals surface area contributed by atoms with E-state index >= 15 is 0 Å². The molecule has 0 saturated heterocycles. The van der Waals surface area contributed by atoms with Crippen LogP contribution in [-0.2, 0) is 0 Å². The monoisotopic (exact) mass is 239 g/mol. The van der Waals surface area contributed by atoms with Crippen LogP contribution < -0.4 is 5.73 Å².